The molecule has 126 valence electrons. The van der Waals surface area contributed by atoms with Crippen LogP contribution in [0.25, 0.3) is 0 Å². The Bertz CT molecular complexity index is 544. The van der Waals surface area contributed by atoms with Gasteiger partial charge in [-0.15, -0.1) is 0 Å². The first kappa shape index (κ1) is 17.3. The van der Waals surface area contributed by atoms with E-state index in [1.54, 1.807) is 14.0 Å². The van der Waals surface area contributed by atoms with Crippen molar-refractivity contribution >= 4 is 11.9 Å². The van der Waals surface area contributed by atoms with Crippen molar-refractivity contribution in [3.05, 3.63) is 29.8 Å². The van der Waals surface area contributed by atoms with Gasteiger partial charge in [-0.1, -0.05) is 12.1 Å². The fourth-order valence-electron chi connectivity index (χ4n) is 3.01. The first-order chi connectivity index (χ1) is 11.1. The van der Waals surface area contributed by atoms with E-state index in [2.05, 4.69) is 0 Å². The maximum atomic E-state index is 12.6. The number of piperidine rings is 1. The van der Waals surface area contributed by atoms with Crippen LogP contribution in [0.2, 0.25) is 0 Å². The molecule has 1 aliphatic heterocycles. The van der Waals surface area contributed by atoms with Crippen LogP contribution in [0.5, 0.6) is 5.75 Å². The second-order valence-corrected chi connectivity index (χ2v) is 5.77. The summed E-state index contributed by atoms with van der Waals surface area (Å²) >= 11 is 0. The van der Waals surface area contributed by atoms with Crippen molar-refractivity contribution < 1.29 is 19.1 Å². The van der Waals surface area contributed by atoms with Gasteiger partial charge in [-0.2, -0.15) is 0 Å². The molecule has 0 aliphatic carbocycles. The number of amides is 1. The molecule has 1 aliphatic rings. The highest BCUT2D eigenvalue weighted by molar-refractivity contribution is 5.80. The van der Waals surface area contributed by atoms with Gasteiger partial charge in [-0.25, -0.2) is 0 Å². The Morgan fingerprint density at radius 2 is 2.13 bits per heavy atom. The van der Waals surface area contributed by atoms with Crippen LogP contribution < -0.4 is 4.74 Å². The Morgan fingerprint density at radius 3 is 2.87 bits per heavy atom. The molecule has 5 nitrogen and oxygen atoms in total. The molecule has 1 amide bonds. The Morgan fingerprint density at radius 1 is 1.30 bits per heavy atom. The maximum Gasteiger partial charge on any atom is 0.307 e. The average Bonchev–Trinajstić information content (AvgIpc) is 2.55. The van der Waals surface area contributed by atoms with Crippen LogP contribution in [0, 0.1) is 0 Å². The van der Waals surface area contributed by atoms with Gasteiger partial charge in [0, 0.05) is 12.6 Å². The number of rotatable bonds is 6. The second-order valence-electron chi connectivity index (χ2n) is 5.77. The molecule has 23 heavy (non-hydrogen) atoms. The Balaban J connectivity index is 2.01. The minimum absolute atomic E-state index is 0.0408. The molecule has 1 aromatic carbocycles. The van der Waals surface area contributed by atoms with E-state index in [-0.39, 0.29) is 24.3 Å². The van der Waals surface area contributed by atoms with Gasteiger partial charge < -0.3 is 14.4 Å². The standard InChI is InChI=1S/C18H25NO4/c1-3-23-18(21)13-15-8-4-5-10-19(15)17(20)12-14-7-6-9-16(11-14)22-2/h6-7,9,11,15H,3-5,8,10,12-13H2,1-2H3/t15-/m1/s1. The van der Waals surface area contributed by atoms with Crippen molar-refractivity contribution in [1.29, 1.82) is 0 Å². The number of ether oxygens (including phenoxy) is 2. The minimum Gasteiger partial charge on any atom is -0.497 e. The summed E-state index contributed by atoms with van der Waals surface area (Å²) in [5, 5.41) is 0. The topological polar surface area (TPSA) is 55.8 Å². The molecule has 0 spiro atoms. The minimum atomic E-state index is -0.224. The van der Waals surface area contributed by atoms with E-state index in [1.807, 2.05) is 29.2 Å². The van der Waals surface area contributed by atoms with E-state index in [0.29, 0.717) is 19.6 Å². The smallest absolute Gasteiger partial charge is 0.307 e. The SMILES string of the molecule is CCOC(=O)C[C@H]1CCCCN1C(=O)Cc1cccc(OC)c1. The first-order valence-electron chi connectivity index (χ1n) is 8.22. The molecule has 0 aromatic heterocycles. The van der Waals surface area contributed by atoms with Gasteiger partial charge in [0.25, 0.3) is 0 Å². The highest BCUT2D eigenvalue weighted by Crippen LogP contribution is 2.22. The summed E-state index contributed by atoms with van der Waals surface area (Å²) in [7, 11) is 1.61. The van der Waals surface area contributed by atoms with Gasteiger partial charge in [-0.05, 0) is 43.9 Å². The number of likely N-dealkylation sites (tertiary alicyclic amines) is 1. The lowest BCUT2D eigenvalue weighted by Gasteiger charge is -2.35. The number of carbonyl (C=O) groups is 2. The highest BCUT2D eigenvalue weighted by Gasteiger charge is 2.28. The summed E-state index contributed by atoms with van der Waals surface area (Å²) in [6.45, 7) is 2.89. The Labute approximate surface area is 137 Å². The third kappa shape index (κ3) is 4.98. The summed E-state index contributed by atoms with van der Waals surface area (Å²) in [4.78, 5) is 26.2. The van der Waals surface area contributed by atoms with Gasteiger partial charge in [0.2, 0.25) is 5.91 Å². The van der Waals surface area contributed by atoms with Crippen LogP contribution in [0.15, 0.2) is 24.3 Å². The van der Waals surface area contributed by atoms with Crippen LogP contribution in [0.1, 0.15) is 38.2 Å². The molecule has 5 heteroatoms. The number of hydrogen-bond acceptors (Lipinski definition) is 4. The fraction of sp³-hybridized carbons (Fsp3) is 0.556. The lowest BCUT2D eigenvalue weighted by Crippen LogP contribution is -2.45. The molecule has 1 heterocycles. The molecule has 1 saturated heterocycles. The van der Waals surface area contributed by atoms with Crippen LogP contribution in [0.4, 0.5) is 0 Å². The highest BCUT2D eigenvalue weighted by atomic mass is 16.5. The van der Waals surface area contributed by atoms with Crippen LogP contribution in [-0.4, -0.2) is 43.1 Å². The first-order valence-corrected chi connectivity index (χ1v) is 8.22. The van der Waals surface area contributed by atoms with E-state index in [4.69, 9.17) is 9.47 Å². The van der Waals surface area contributed by atoms with E-state index in [9.17, 15) is 9.59 Å². The van der Waals surface area contributed by atoms with Crippen LogP contribution in [-0.2, 0) is 20.7 Å². The third-order valence-electron chi connectivity index (χ3n) is 4.14. The van der Waals surface area contributed by atoms with Gasteiger partial charge in [0.1, 0.15) is 5.75 Å². The van der Waals surface area contributed by atoms with Gasteiger partial charge in [-0.3, -0.25) is 9.59 Å². The van der Waals surface area contributed by atoms with Gasteiger partial charge >= 0.3 is 5.97 Å². The molecular formula is C18H25NO4. The van der Waals surface area contributed by atoms with Gasteiger partial charge in [0.15, 0.2) is 0 Å². The number of hydrogen-bond donors (Lipinski definition) is 0. The van der Waals surface area contributed by atoms with Crippen LogP contribution >= 0.6 is 0 Å². The summed E-state index contributed by atoms with van der Waals surface area (Å²) in [5.41, 5.74) is 0.926. The Hall–Kier alpha value is -2.04. The predicted octanol–water partition coefficient (Wildman–Crippen LogP) is 2.57. The predicted molar refractivity (Wildman–Crippen MR) is 87.3 cm³/mol. The van der Waals surface area contributed by atoms with Crippen molar-refractivity contribution in [2.24, 2.45) is 0 Å². The molecule has 0 saturated carbocycles. The molecule has 2 rings (SSSR count). The van der Waals surface area contributed by atoms with Crippen LogP contribution in [0.3, 0.4) is 0 Å². The van der Waals surface area contributed by atoms with E-state index < -0.39 is 0 Å². The lowest BCUT2D eigenvalue weighted by atomic mass is 9.98. The molecule has 1 fully saturated rings. The van der Waals surface area contributed by atoms with Crippen molar-refractivity contribution in [3.63, 3.8) is 0 Å². The van der Waals surface area contributed by atoms with Crippen molar-refractivity contribution in [2.75, 3.05) is 20.3 Å². The van der Waals surface area contributed by atoms with E-state index in [0.717, 1.165) is 30.6 Å². The van der Waals surface area contributed by atoms with E-state index >= 15 is 0 Å². The molecule has 0 radical (unpaired) electrons. The normalized spacial score (nSPS) is 17.7. The zero-order valence-corrected chi connectivity index (χ0v) is 13.9. The third-order valence-corrected chi connectivity index (χ3v) is 4.14. The number of benzene rings is 1. The molecule has 1 aromatic rings. The van der Waals surface area contributed by atoms with Gasteiger partial charge in [0.05, 0.1) is 26.6 Å². The maximum absolute atomic E-state index is 12.6. The summed E-state index contributed by atoms with van der Waals surface area (Å²) in [5.74, 6) is 0.586. The molecule has 0 unspecified atom stereocenters. The van der Waals surface area contributed by atoms with Crippen molar-refractivity contribution in [2.45, 2.75) is 45.1 Å². The van der Waals surface area contributed by atoms with Crippen molar-refractivity contribution in [1.82, 2.24) is 4.90 Å². The zero-order valence-electron chi connectivity index (χ0n) is 13.9. The molecule has 0 N–H and O–H groups in total. The zero-order chi connectivity index (χ0) is 16.7. The largest absolute Gasteiger partial charge is 0.497 e. The quantitative estimate of drug-likeness (QED) is 0.756. The monoisotopic (exact) mass is 319 g/mol. The van der Waals surface area contributed by atoms with Crippen molar-refractivity contribution in [3.8, 4) is 5.75 Å². The second kappa shape index (κ2) is 8.56. The molecule has 0 bridgehead atoms. The number of methoxy groups -OCH3 is 1. The molecular weight excluding hydrogens is 294 g/mol. The summed E-state index contributed by atoms with van der Waals surface area (Å²) in [6.07, 6.45) is 3.52. The average molecular weight is 319 g/mol. The number of esters is 1. The molecule has 1 atom stereocenters. The fourth-order valence-corrected chi connectivity index (χ4v) is 3.01. The Kier molecular flexibility index (Phi) is 6.44. The summed E-state index contributed by atoms with van der Waals surface area (Å²) < 4.78 is 10.2. The summed E-state index contributed by atoms with van der Waals surface area (Å²) in [6, 6.07) is 7.50. The number of nitrogens with zero attached hydrogens (tertiary/aromatic N) is 1. The lowest BCUT2D eigenvalue weighted by molar-refractivity contribution is -0.146. The van der Waals surface area contributed by atoms with E-state index in [1.165, 1.54) is 0 Å². The number of carbonyl (C=O) groups excluding carboxylic acids is 2.